The van der Waals surface area contributed by atoms with Crippen LogP contribution in [0.25, 0.3) is 0 Å². The third-order valence-corrected chi connectivity index (χ3v) is 2.49. The maximum absolute atomic E-state index is 11.5. The topological polar surface area (TPSA) is 84.7 Å². The van der Waals surface area contributed by atoms with Gasteiger partial charge in [0, 0.05) is 20.2 Å². The minimum absolute atomic E-state index is 0.0984. The molecule has 6 heteroatoms. The number of methoxy groups -OCH3 is 1. The predicted octanol–water partition coefficient (Wildman–Crippen LogP) is 0.330. The van der Waals surface area contributed by atoms with E-state index in [2.05, 4.69) is 5.32 Å². The zero-order chi connectivity index (χ0) is 14.1. The zero-order valence-electron chi connectivity index (χ0n) is 11.0. The number of carbonyl (C=O) groups excluding carboxylic acids is 2. The van der Waals surface area contributed by atoms with Crippen molar-refractivity contribution in [3.63, 3.8) is 0 Å². The Kier molecular flexibility index (Phi) is 6.56. The van der Waals surface area contributed by atoms with E-state index in [0.29, 0.717) is 19.7 Å². The van der Waals surface area contributed by atoms with E-state index in [1.54, 1.807) is 7.11 Å². The molecule has 0 aliphatic rings. The average molecular weight is 265 g/mol. The Labute approximate surface area is 112 Å². The van der Waals surface area contributed by atoms with E-state index in [1.807, 2.05) is 35.2 Å². The highest BCUT2D eigenvalue weighted by Crippen LogP contribution is 2.03. The Bertz CT molecular complexity index is 409. The summed E-state index contributed by atoms with van der Waals surface area (Å²) in [5.74, 6) is -0.417. The lowest BCUT2D eigenvalue weighted by atomic mass is 10.2. The molecule has 1 rings (SSSR count). The Morgan fingerprint density at radius 2 is 2.00 bits per heavy atom. The van der Waals surface area contributed by atoms with Gasteiger partial charge in [0.05, 0.1) is 13.2 Å². The number of imide groups is 1. The molecule has 0 aliphatic heterocycles. The smallest absolute Gasteiger partial charge is 0.318 e. The summed E-state index contributed by atoms with van der Waals surface area (Å²) >= 11 is 0. The fourth-order valence-corrected chi connectivity index (χ4v) is 1.66. The number of ether oxygens (including phenoxy) is 1. The van der Waals surface area contributed by atoms with Gasteiger partial charge in [-0.25, -0.2) is 4.79 Å². The molecule has 0 aliphatic carbocycles. The number of nitrogens with zero attached hydrogens (tertiary/aromatic N) is 1. The predicted molar refractivity (Wildman–Crippen MR) is 71.3 cm³/mol. The molecule has 3 amide bonds. The molecule has 0 atom stereocenters. The monoisotopic (exact) mass is 265 g/mol. The highest BCUT2D eigenvalue weighted by Gasteiger charge is 2.12. The summed E-state index contributed by atoms with van der Waals surface area (Å²) in [4.78, 5) is 24.0. The summed E-state index contributed by atoms with van der Waals surface area (Å²) in [5.41, 5.74) is 6.00. The first-order valence-electron chi connectivity index (χ1n) is 5.96. The summed E-state index contributed by atoms with van der Waals surface area (Å²) in [7, 11) is 1.60. The molecule has 0 heterocycles. The molecule has 19 heavy (non-hydrogen) atoms. The molecule has 0 bridgehead atoms. The maximum atomic E-state index is 11.5. The van der Waals surface area contributed by atoms with E-state index in [-0.39, 0.29) is 6.54 Å². The molecule has 0 saturated heterocycles. The van der Waals surface area contributed by atoms with Gasteiger partial charge in [0.2, 0.25) is 5.91 Å². The van der Waals surface area contributed by atoms with Crippen molar-refractivity contribution >= 4 is 11.9 Å². The van der Waals surface area contributed by atoms with Gasteiger partial charge in [-0.3, -0.25) is 15.0 Å². The summed E-state index contributed by atoms with van der Waals surface area (Å²) in [5, 5.41) is 2.05. The van der Waals surface area contributed by atoms with Crippen molar-refractivity contribution in [2.24, 2.45) is 5.73 Å². The number of nitrogens with one attached hydrogen (secondary N) is 1. The van der Waals surface area contributed by atoms with Crippen molar-refractivity contribution in [2.75, 3.05) is 26.8 Å². The third kappa shape index (κ3) is 6.54. The molecule has 3 N–H and O–H groups in total. The van der Waals surface area contributed by atoms with Gasteiger partial charge in [0.1, 0.15) is 0 Å². The molecular weight excluding hydrogens is 246 g/mol. The molecule has 0 fully saturated rings. The van der Waals surface area contributed by atoms with Gasteiger partial charge in [-0.1, -0.05) is 30.3 Å². The van der Waals surface area contributed by atoms with Gasteiger partial charge in [0.15, 0.2) is 0 Å². The first kappa shape index (κ1) is 15.1. The number of hydrogen-bond acceptors (Lipinski definition) is 4. The number of rotatable bonds is 7. The Hall–Kier alpha value is -1.92. The zero-order valence-corrected chi connectivity index (χ0v) is 11.0. The van der Waals surface area contributed by atoms with Gasteiger partial charge in [-0.05, 0) is 5.56 Å². The standard InChI is InChI=1S/C13H19N3O3/c1-19-8-7-16(10-12(17)15-13(14)18)9-11-5-3-2-4-6-11/h2-6H,7-10H2,1H3,(H3,14,15,17,18). The highest BCUT2D eigenvalue weighted by atomic mass is 16.5. The van der Waals surface area contributed by atoms with Gasteiger partial charge >= 0.3 is 6.03 Å². The summed E-state index contributed by atoms with van der Waals surface area (Å²) in [6.07, 6.45) is 0. The molecule has 0 saturated carbocycles. The molecule has 6 nitrogen and oxygen atoms in total. The third-order valence-electron chi connectivity index (χ3n) is 2.49. The van der Waals surface area contributed by atoms with Gasteiger partial charge in [0.25, 0.3) is 0 Å². The number of benzene rings is 1. The molecule has 0 spiro atoms. The van der Waals surface area contributed by atoms with Crippen molar-refractivity contribution in [3.05, 3.63) is 35.9 Å². The van der Waals surface area contributed by atoms with Crippen molar-refractivity contribution in [2.45, 2.75) is 6.54 Å². The Morgan fingerprint density at radius 1 is 1.32 bits per heavy atom. The van der Waals surface area contributed by atoms with Crippen molar-refractivity contribution < 1.29 is 14.3 Å². The number of nitrogens with two attached hydrogens (primary N) is 1. The molecule has 0 unspecified atom stereocenters. The molecule has 104 valence electrons. The van der Waals surface area contributed by atoms with Crippen LogP contribution >= 0.6 is 0 Å². The van der Waals surface area contributed by atoms with E-state index in [9.17, 15) is 9.59 Å². The molecule has 1 aromatic carbocycles. The van der Waals surface area contributed by atoms with Crippen LogP contribution in [-0.4, -0.2) is 43.6 Å². The van der Waals surface area contributed by atoms with Crippen LogP contribution in [0.4, 0.5) is 4.79 Å². The molecule has 0 radical (unpaired) electrons. The quantitative estimate of drug-likeness (QED) is 0.744. The van der Waals surface area contributed by atoms with Gasteiger partial charge in [-0.15, -0.1) is 0 Å². The van der Waals surface area contributed by atoms with Crippen molar-refractivity contribution in [1.82, 2.24) is 10.2 Å². The number of primary amides is 1. The largest absolute Gasteiger partial charge is 0.383 e. The summed E-state index contributed by atoms with van der Waals surface area (Å²) in [6.45, 7) is 1.81. The Balaban J connectivity index is 2.56. The molecular formula is C13H19N3O3. The maximum Gasteiger partial charge on any atom is 0.318 e. The van der Waals surface area contributed by atoms with Crippen LogP contribution in [0.3, 0.4) is 0 Å². The van der Waals surface area contributed by atoms with Crippen LogP contribution < -0.4 is 11.1 Å². The number of carbonyl (C=O) groups is 2. The molecule has 0 aromatic heterocycles. The van der Waals surface area contributed by atoms with E-state index in [1.165, 1.54) is 0 Å². The molecule has 1 aromatic rings. The minimum Gasteiger partial charge on any atom is -0.383 e. The highest BCUT2D eigenvalue weighted by molar-refractivity contribution is 5.94. The first-order chi connectivity index (χ1) is 9.11. The van der Waals surface area contributed by atoms with Gasteiger partial charge < -0.3 is 10.5 Å². The van der Waals surface area contributed by atoms with Crippen LogP contribution in [0.1, 0.15) is 5.56 Å². The number of urea groups is 1. The summed E-state index contributed by atoms with van der Waals surface area (Å²) in [6, 6.07) is 8.93. The fraction of sp³-hybridized carbons (Fsp3) is 0.385. The van der Waals surface area contributed by atoms with Crippen LogP contribution in [0, 0.1) is 0 Å². The van der Waals surface area contributed by atoms with Crippen LogP contribution in [0.5, 0.6) is 0 Å². The van der Waals surface area contributed by atoms with Gasteiger partial charge in [-0.2, -0.15) is 0 Å². The lowest BCUT2D eigenvalue weighted by Gasteiger charge is -2.21. The van der Waals surface area contributed by atoms with E-state index in [4.69, 9.17) is 10.5 Å². The Morgan fingerprint density at radius 3 is 2.58 bits per heavy atom. The second-order valence-electron chi connectivity index (χ2n) is 4.10. The minimum atomic E-state index is -0.837. The number of hydrogen-bond donors (Lipinski definition) is 2. The first-order valence-corrected chi connectivity index (χ1v) is 5.96. The van der Waals surface area contributed by atoms with Crippen LogP contribution in [0.2, 0.25) is 0 Å². The summed E-state index contributed by atoms with van der Waals surface area (Å²) < 4.78 is 5.01. The van der Waals surface area contributed by atoms with Crippen LogP contribution in [0.15, 0.2) is 30.3 Å². The van der Waals surface area contributed by atoms with E-state index >= 15 is 0 Å². The van der Waals surface area contributed by atoms with Crippen LogP contribution in [-0.2, 0) is 16.1 Å². The van der Waals surface area contributed by atoms with Crippen molar-refractivity contribution in [3.8, 4) is 0 Å². The normalized spacial score (nSPS) is 10.4. The second-order valence-corrected chi connectivity index (χ2v) is 4.10. The second kappa shape index (κ2) is 8.23. The number of amides is 3. The lowest BCUT2D eigenvalue weighted by Crippen LogP contribution is -2.42. The van der Waals surface area contributed by atoms with E-state index < -0.39 is 11.9 Å². The van der Waals surface area contributed by atoms with E-state index in [0.717, 1.165) is 5.56 Å². The fourth-order valence-electron chi connectivity index (χ4n) is 1.66. The lowest BCUT2D eigenvalue weighted by molar-refractivity contribution is -0.121. The van der Waals surface area contributed by atoms with Crippen molar-refractivity contribution in [1.29, 1.82) is 0 Å². The SMILES string of the molecule is COCCN(CC(=O)NC(N)=O)Cc1ccccc1. The average Bonchev–Trinajstić information content (AvgIpc) is 2.36.